The first kappa shape index (κ1) is 15.0. The maximum absolute atomic E-state index is 10.7. The summed E-state index contributed by atoms with van der Waals surface area (Å²) < 4.78 is 5.53. The Bertz CT molecular complexity index is 691. The van der Waals surface area contributed by atoms with Crippen LogP contribution in [-0.2, 0) is 0 Å². The highest BCUT2D eigenvalue weighted by Crippen LogP contribution is 2.31. The van der Waals surface area contributed by atoms with Gasteiger partial charge in [-0.05, 0) is 6.07 Å². The van der Waals surface area contributed by atoms with Crippen LogP contribution in [0.4, 0.5) is 11.5 Å². The van der Waals surface area contributed by atoms with Gasteiger partial charge < -0.3 is 10.5 Å². The SMILES string of the molecule is CC(C)c1nc(N)cc(Oc2ccc([N+](=O)[O-])c(Cl)c2)n1. The average molecular weight is 309 g/mol. The van der Waals surface area contributed by atoms with Crippen molar-refractivity contribution in [3.05, 3.63) is 45.2 Å². The van der Waals surface area contributed by atoms with Crippen molar-refractivity contribution in [2.24, 2.45) is 0 Å². The third kappa shape index (κ3) is 3.57. The fraction of sp³-hybridized carbons (Fsp3) is 0.231. The van der Waals surface area contributed by atoms with E-state index in [1.807, 2.05) is 13.8 Å². The van der Waals surface area contributed by atoms with E-state index >= 15 is 0 Å². The Hall–Kier alpha value is -2.41. The molecule has 2 N–H and O–H groups in total. The van der Waals surface area contributed by atoms with Gasteiger partial charge in [-0.25, -0.2) is 4.98 Å². The lowest BCUT2D eigenvalue weighted by molar-refractivity contribution is -0.384. The van der Waals surface area contributed by atoms with E-state index in [-0.39, 0.29) is 28.3 Å². The molecular formula is C13H13ClN4O3. The van der Waals surface area contributed by atoms with E-state index in [0.717, 1.165) is 0 Å². The van der Waals surface area contributed by atoms with Crippen molar-refractivity contribution in [3.63, 3.8) is 0 Å². The zero-order valence-electron chi connectivity index (χ0n) is 11.4. The summed E-state index contributed by atoms with van der Waals surface area (Å²) in [6.07, 6.45) is 0. The van der Waals surface area contributed by atoms with Crippen molar-refractivity contribution in [1.29, 1.82) is 0 Å². The highest BCUT2D eigenvalue weighted by Gasteiger charge is 2.14. The lowest BCUT2D eigenvalue weighted by Crippen LogP contribution is -2.03. The van der Waals surface area contributed by atoms with Crippen LogP contribution in [0.3, 0.4) is 0 Å². The van der Waals surface area contributed by atoms with Crippen LogP contribution in [0.2, 0.25) is 5.02 Å². The highest BCUT2D eigenvalue weighted by molar-refractivity contribution is 6.32. The van der Waals surface area contributed by atoms with Crippen LogP contribution in [0, 0.1) is 10.1 Å². The van der Waals surface area contributed by atoms with Crippen molar-refractivity contribution in [3.8, 4) is 11.6 Å². The third-order valence-corrected chi connectivity index (χ3v) is 2.90. The van der Waals surface area contributed by atoms with Crippen molar-refractivity contribution in [2.75, 3.05) is 5.73 Å². The van der Waals surface area contributed by atoms with Gasteiger partial charge in [0, 0.05) is 24.1 Å². The first-order chi connectivity index (χ1) is 9.86. The fourth-order valence-corrected chi connectivity index (χ4v) is 1.83. The van der Waals surface area contributed by atoms with E-state index in [1.165, 1.54) is 24.3 Å². The second kappa shape index (κ2) is 5.92. The van der Waals surface area contributed by atoms with Gasteiger partial charge in [0.2, 0.25) is 5.88 Å². The zero-order chi connectivity index (χ0) is 15.6. The van der Waals surface area contributed by atoms with Gasteiger partial charge in [0.1, 0.15) is 22.4 Å². The molecule has 0 bridgehead atoms. The average Bonchev–Trinajstić information content (AvgIpc) is 2.37. The van der Waals surface area contributed by atoms with E-state index in [1.54, 1.807) is 0 Å². The molecule has 0 spiro atoms. The van der Waals surface area contributed by atoms with E-state index in [2.05, 4.69) is 9.97 Å². The summed E-state index contributed by atoms with van der Waals surface area (Å²) in [6, 6.07) is 5.54. The van der Waals surface area contributed by atoms with Crippen molar-refractivity contribution in [2.45, 2.75) is 19.8 Å². The summed E-state index contributed by atoms with van der Waals surface area (Å²) in [5, 5.41) is 10.7. The second-order valence-corrected chi connectivity index (χ2v) is 5.02. The predicted octanol–water partition coefficient (Wildman–Crippen LogP) is 3.54. The number of ether oxygens (including phenoxy) is 1. The molecule has 1 heterocycles. The van der Waals surface area contributed by atoms with Gasteiger partial charge in [-0.1, -0.05) is 25.4 Å². The summed E-state index contributed by atoms with van der Waals surface area (Å²) in [5.41, 5.74) is 5.51. The molecule has 0 amide bonds. The van der Waals surface area contributed by atoms with E-state index in [0.29, 0.717) is 11.6 Å². The van der Waals surface area contributed by atoms with Crippen molar-refractivity contribution in [1.82, 2.24) is 9.97 Å². The topological polar surface area (TPSA) is 104 Å². The largest absolute Gasteiger partial charge is 0.439 e. The number of benzene rings is 1. The molecule has 8 heteroatoms. The van der Waals surface area contributed by atoms with Gasteiger partial charge in [-0.2, -0.15) is 4.98 Å². The number of rotatable bonds is 4. The van der Waals surface area contributed by atoms with Crippen molar-refractivity contribution < 1.29 is 9.66 Å². The number of nitrogens with two attached hydrogens (primary N) is 1. The maximum atomic E-state index is 10.7. The molecule has 2 rings (SSSR count). The minimum atomic E-state index is -0.564. The molecule has 0 unspecified atom stereocenters. The van der Waals surface area contributed by atoms with Crippen LogP contribution in [0.5, 0.6) is 11.6 Å². The fourth-order valence-electron chi connectivity index (χ4n) is 1.59. The van der Waals surface area contributed by atoms with Gasteiger partial charge in [-0.3, -0.25) is 10.1 Å². The molecule has 7 nitrogen and oxygen atoms in total. The smallest absolute Gasteiger partial charge is 0.288 e. The summed E-state index contributed by atoms with van der Waals surface area (Å²) >= 11 is 5.82. The molecule has 0 radical (unpaired) electrons. The Kier molecular flexibility index (Phi) is 4.23. The standard InChI is InChI=1S/C13H13ClN4O3/c1-7(2)13-16-11(15)6-12(17-13)21-8-3-4-10(18(19)20)9(14)5-8/h3-7H,1-2H3,(H2,15,16,17). The van der Waals surface area contributed by atoms with E-state index < -0.39 is 4.92 Å². The van der Waals surface area contributed by atoms with Gasteiger partial charge in [0.15, 0.2) is 0 Å². The zero-order valence-corrected chi connectivity index (χ0v) is 12.2. The Morgan fingerprint density at radius 2 is 2.05 bits per heavy atom. The first-order valence-corrected chi connectivity index (χ1v) is 6.51. The number of nitrogens with zero attached hydrogens (tertiary/aromatic N) is 3. The summed E-state index contributed by atoms with van der Waals surface area (Å²) in [6.45, 7) is 3.86. The quantitative estimate of drug-likeness (QED) is 0.684. The minimum absolute atomic E-state index is 0.0105. The van der Waals surface area contributed by atoms with Gasteiger partial charge in [-0.15, -0.1) is 0 Å². The van der Waals surface area contributed by atoms with Crippen molar-refractivity contribution >= 4 is 23.1 Å². The number of nitro groups is 1. The summed E-state index contributed by atoms with van der Waals surface area (Å²) in [4.78, 5) is 18.5. The Balaban J connectivity index is 2.30. The molecule has 0 saturated carbocycles. The monoisotopic (exact) mass is 308 g/mol. The molecule has 0 aliphatic carbocycles. The predicted molar refractivity (Wildman–Crippen MR) is 78.7 cm³/mol. The van der Waals surface area contributed by atoms with E-state index in [4.69, 9.17) is 22.1 Å². The molecule has 1 aromatic carbocycles. The van der Waals surface area contributed by atoms with Crippen LogP contribution >= 0.6 is 11.6 Å². The number of hydrogen-bond donors (Lipinski definition) is 1. The molecule has 21 heavy (non-hydrogen) atoms. The molecule has 1 aromatic heterocycles. The van der Waals surface area contributed by atoms with Gasteiger partial charge in [0.05, 0.1) is 4.92 Å². The summed E-state index contributed by atoms with van der Waals surface area (Å²) in [7, 11) is 0. The molecule has 2 aromatic rings. The van der Waals surface area contributed by atoms with Crippen LogP contribution in [0.25, 0.3) is 0 Å². The molecule has 0 atom stereocenters. The lowest BCUT2D eigenvalue weighted by atomic mass is 10.2. The highest BCUT2D eigenvalue weighted by atomic mass is 35.5. The lowest BCUT2D eigenvalue weighted by Gasteiger charge is -2.09. The number of nitro benzene ring substituents is 1. The maximum Gasteiger partial charge on any atom is 0.288 e. The number of anilines is 1. The second-order valence-electron chi connectivity index (χ2n) is 4.62. The molecule has 0 aliphatic heterocycles. The third-order valence-electron chi connectivity index (χ3n) is 2.59. The Morgan fingerprint density at radius 3 is 2.62 bits per heavy atom. The molecule has 0 aliphatic rings. The molecular weight excluding hydrogens is 296 g/mol. The van der Waals surface area contributed by atoms with Crippen LogP contribution in [-0.4, -0.2) is 14.9 Å². The number of nitrogen functional groups attached to an aromatic ring is 1. The van der Waals surface area contributed by atoms with Gasteiger partial charge in [0.25, 0.3) is 5.69 Å². The number of halogens is 1. The number of aromatic nitrogens is 2. The number of hydrogen-bond acceptors (Lipinski definition) is 6. The normalized spacial score (nSPS) is 10.7. The Labute approximate surface area is 125 Å². The summed E-state index contributed by atoms with van der Waals surface area (Å²) in [5.74, 6) is 1.53. The van der Waals surface area contributed by atoms with Crippen LogP contribution < -0.4 is 10.5 Å². The van der Waals surface area contributed by atoms with E-state index in [9.17, 15) is 10.1 Å². The molecule has 110 valence electrons. The Morgan fingerprint density at radius 1 is 1.33 bits per heavy atom. The molecule has 0 fully saturated rings. The van der Waals surface area contributed by atoms with Crippen LogP contribution in [0.15, 0.2) is 24.3 Å². The molecule has 0 saturated heterocycles. The minimum Gasteiger partial charge on any atom is -0.439 e. The van der Waals surface area contributed by atoms with Gasteiger partial charge >= 0.3 is 0 Å². The van der Waals surface area contributed by atoms with Crippen LogP contribution in [0.1, 0.15) is 25.6 Å². The first-order valence-electron chi connectivity index (χ1n) is 6.13.